The topological polar surface area (TPSA) is 57.8 Å². The van der Waals surface area contributed by atoms with E-state index in [-0.39, 0.29) is 47.8 Å². The predicted octanol–water partition coefficient (Wildman–Crippen LogP) is 2.61. The van der Waals surface area contributed by atoms with Crippen LogP contribution in [0, 0.1) is 11.6 Å². The van der Waals surface area contributed by atoms with Crippen molar-refractivity contribution in [2.24, 2.45) is 10.7 Å². The van der Waals surface area contributed by atoms with Crippen LogP contribution in [-0.2, 0) is 6.54 Å². The van der Waals surface area contributed by atoms with Gasteiger partial charge < -0.3 is 15.5 Å². The maximum absolute atomic E-state index is 13.5. The smallest absolute Gasteiger partial charge is 0.191 e. The van der Waals surface area contributed by atoms with E-state index in [1.165, 1.54) is 24.4 Å². The highest BCUT2D eigenvalue weighted by Crippen LogP contribution is 2.16. The largest absolute Gasteiger partial charge is 0.370 e. The van der Waals surface area contributed by atoms with Gasteiger partial charge in [0.15, 0.2) is 5.96 Å². The van der Waals surface area contributed by atoms with Gasteiger partial charge in [0.05, 0.1) is 12.2 Å². The third-order valence-corrected chi connectivity index (χ3v) is 4.02. The Morgan fingerprint density at radius 3 is 2.40 bits per heavy atom. The Bertz CT molecular complexity index is 715. The van der Waals surface area contributed by atoms with E-state index in [2.05, 4.69) is 14.9 Å². The van der Waals surface area contributed by atoms with Crippen molar-refractivity contribution in [3.05, 3.63) is 59.9 Å². The minimum atomic E-state index is -0.379. The molecular weight excluding hydrogens is 439 g/mol. The molecular formula is C17H20F2IN5. The zero-order chi connectivity index (χ0) is 16.9. The highest BCUT2D eigenvalue weighted by atomic mass is 127. The fourth-order valence-corrected chi connectivity index (χ4v) is 2.64. The number of anilines is 1. The van der Waals surface area contributed by atoms with E-state index in [4.69, 9.17) is 5.73 Å². The van der Waals surface area contributed by atoms with Crippen LogP contribution in [0.4, 0.5) is 14.5 Å². The van der Waals surface area contributed by atoms with Gasteiger partial charge in [-0.15, -0.1) is 24.0 Å². The lowest BCUT2D eigenvalue weighted by Crippen LogP contribution is -2.51. The number of aliphatic imine (C=N–C) groups is 1. The Balaban J connectivity index is 0.00000225. The molecule has 0 aliphatic carbocycles. The second-order valence-corrected chi connectivity index (χ2v) is 5.56. The molecule has 0 saturated carbocycles. The van der Waals surface area contributed by atoms with Crippen LogP contribution in [0.3, 0.4) is 0 Å². The number of halogens is 3. The maximum atomic E-state index is 13.5. The van der Waals surface area contributed by atoms with E-state index in [9.17, 15) is 8.78 Å². The summed E-state index contributed by atoms with van der Waals surface area (Å²) in [4.78, 5) is 12.3. The van der Waals surface area contributed by atoms with E-state index in [1.54, 1.807) is 18.2 Å². The molecule has 2 N–H and O–H groups in total. The molecule has 1 aliphatic rings. The first-order valence-electron chi connectivity index (χ1n) is 7.78. The van der Waals surface area contributed by atoms with Crippen LogP contribution >= 0.6 is 24.0 Å². The molecule has 0 amide bonds. The summed E-state index contributed by atoms with van der Waals surface area (Å²) in [6, 6.07) is 9.35. The van der Waals surface area contributed by atoms with Crippen LogP contribution in [0.25, 0.3) is 0 Å². The predicted molar refractivity (Wildman–Crippen MR) is 105 cm³/mol. The second-order valence-electron chi connectivity index (χ2n) is 5.56. The van der Waals surface area contributed by atoms with Crippen molar-refractivity contribution in [2.75, 3.05) is 31.1 Å². The summed E-state index contributed by atoms with van der Waals surface area (Å²) >= 11 is 0. The molecule has 1 aromatic heterocycles. The molecule has 3 rings (SSSR count). The van der Waals surface area contributed by atoms with Gasteiger partial charge in [0.2, 0.25) is 0 Å². The molecule has 5 nitrogen and oxygen atoms in total. The van der Waals surface area contributed by atoms with E-state index in [1.807, 2.05) is 4.90 Å². The maximum Gasteiger partial charge on any atom is 0.191 e. The lowest BCUT2D eigenvalue weighted by Gasteiger charge is -2.36. The summed E-state index contributed by atoms with van der Waals surface area (Å²) in [5, 5.41) is 0. The SMILES string of the molecule is I.NC(=NCc1ncccc1F)N1CCN(c2ccc(F)cc2)CC1. The molecule has 8 heteroatoms. The average molecular weight is 459 g/mol. The third kappa shape index (κ3) is 5.00. The summed E-state index contributed by atoms with van der Waals surface area (Å²) in [6.07, 6.45) is 1.53. The summed E-state index contributed by atoms with van der Waals surface area (Å²) in [7, 11) is 0. The van der Waals surface area contributed by atoms with Crippen LogP contribution in [0.2, 0.25) is 0 Å². The van der Waals surface area contributed by atoms with Crippen molar-refractivity contribution in [3.63, 3.8) is 0 Å². The zero-order valence-electron chi connectivity index (χ0n) is 13.6. The molecule has 1 saturated heterocycles. The number of hydrogen-bond acceptors (Lipinski definition) is 3. The van der Waals surface area contributed by atoms with Crippen molar-refractivity contribution in [1.29, 1.82) is 0 Å². The average Bonchev–Trinajstić information content (AvgIpc) is 2.62. The van der Waals surface area contributed by atoms with Gasteiger partial charge in [-0.1, -0.05) is 0 Å². The molecule has 1 aliphatic heterocycles. The van der Waals surface area contributed by atoms with Crippen molar-refractivity contribution < 1.29 is 8.78 Å². The third-order valence-electron chi connectivity index (χ3n) is 4.02. The quantitative estimate of drug-likeness (QED) is 0.436. The van der Waals surface area contributed by atoms with Crippen LogP contribution in [0.15, 0.2) is 47.6 Å². The summed E-state index contributed by atoms with van der Waals surface area (Å²) < 4.78 is 26.5. The van der Waals surface area contributed by atoms with Crippen molar-refractivity contribution in [1.82, 2.24) is 9.88 Å². The molecule has 0 atom stereocenters. The standard InChI is InChI=1S/C17H19F2N5.HI/c18-13-3-5-14(6-4-13)23-8-10-24(11-9-23)17(20)22-12-16-15(19)2-1-7-21-16;/h1-7H,8-12H2,(H2,20,22);1H. The monoisotopic (exact) mass is 459 g/mol. The number of nitrogens with two attached hydrogens (primary N) is 1. The van der Waals surface area contributed by atoms with Gasteiger partial charge >= 0.3 is 0 Å². The first-order valence-corrected chi connectivity index (χ1v) is 7.78. The Hall–Kier alpha value is -1.97. The zero-order valence-corrected chi connectivity index (χ0v) is 15.9. The van der Waals surface area contributed by atoms with Crippen LogP contribution in [0.1, 0.15) is 5.69 Å². The van der Waals surface area contributed by atoms with Gasteiger partial charge in [-0.05, 0) is 36.4 Å². The fourth-order valence-electron chi connectivity index (χ4n) is 2.64. The van der Waals surface area contributed by atoms with Gasteiger partial charge in [-0.25, -0.2) is 13.8 Å². The molecule has 0 radical (unpaired) electrons. The van der Waals surface area contributed by atoms with Crippen molar-refractivity contribution in [2.45, 2.75) is 6.54 Å². The molecule has 1 aromatic carbocycles. The van der Waals surface area contributed by atoms with Gasteiger partial charge in [0, 0.05) is 38.1 Å². The van der Waals surface area contributed by atoms with Gasteiger partial charge in [-0.2, -0.15) is 0 Å². The number of piperazine rings is 1. The number of benzene rings is 1. The molecule has 0 spiro atoms. The van der Waals surface area contributed by atoms with Crippen molar-refractivity contribution in [3.8, 4) is 0 Å². The normalized spacial score (nSPS) is 15.0. The van der Waals surface area contributed by atoms with Gasteiger partial charge in [-0.3, -0.25) is 4.98 Å². The molecule has 0 bridgehead atoms. The van der Waals surface area contributed by atoms with E-state index >= 15 is 0 Å². The van der Waals surface area contributed by atoms with Crippen LogP contribution < -0.4 is 10.6 Å². The minimum Gasteiger partial charge on any atom is -0.370 e. The lowest BCUT2D eigenvalue weighted by atomic mass is 10.2. The first-order chi connectivity index (χ1) is 11.6. The highest BCUT2D eigenvalue weighted by Gasteiger charge is 2.18. The molecule has 2 heterocycles. The minimum absolute atomic E-state index is 0. The van der Waals surface area contributed by atoms with Crippen molar-refractivity contribution >= 4 is 35.6 Å². The van der Waals surface area contributed by atoms with E-state index in [0.717, 1.165) is 18.8 Å². The molecule has 1 fully saturated rings. The number of pyridine rings is 1. The number of guanidine groups is 1. The second kappa shape index (κ2) is 8.93. The Morgan fingerprint density at radius 2 is 1.76 bits per heavy atom. The molecule has 134 valence electrons. The number of nitrogens with zero attached hydrogens (tertiary/aromatic N) is 4. The summed E-state index contributed by atoms with van der Waals surface area (Å²) in [5.74, 6) is -0.232. The Labute approximate surface area is 162 Å². The number of rotatable bonds is 3. The van der Waals surface area contributed by atoms with E-state index in [0.29, 0.717) is 19.0 Å². The Kier molecular flexibility index (Phi) is 6.91. The number of hydrogen-bond donors (Lipinski definition) is 1. The van der Waals surface area contributed by atoms with Gasteiger partial charge in [0.1, 0.15) is 11.6 Å². The lowest BCUT2D eigenvalue weighted by molar-refractivity contribution is 0.380. The van der Waals surface area contributed by atoms with Crippen LogP contribution in [0.5, 0.6) is 0 Å². The fraction of sp³-hybridized carbons (Fsp3) is 0.294. The van der Waals surface area contributed by atoms with Gasteiger partial charge in [0.25, 0.3) is 0 Å². The molecule has 25 heavy (non-hydrogen) atoms. The van der Waals surface area contributed by atoms with E-state index < -0.39 is 0 Å². The summed E-state index contributed by atoms with van der Waals surface area (Å²) in [6.45, 7) is 3.06. The molecule has 2 aromatic rings. The first kappa shape index (κ1) is 19.4. The van der Waals surface area contributed by atoms with Crippen LogP contribution in [-0.4, -0.2) is 42.0 Å². The highest BCUT2D eigenvalue weighted by molar-refractivity contribution is 14.0. The molecule has 0 unspecified atom stereocenters. The summed E-state index contributed by atoms with van der Waals surface area (Å²) in [5.41, 5.74) is 7.28. The Morgan fingerprint density at radius 1 is 1.08 bits per heavy atom. The number of aromatic nitrogens is 1.